The van der Waals surface area contributed by atoms with E-state index in [2.05, 4.69) is 26.2 Å². The Morgan fingerprint density at radius 3 is 2.70 bits per heavy atom. The van der Waals surface area contributed by atoms with E-state index in [1.807, 2.05) is 25.1 Å². The molecule has 4 rings (SSSR count). The van der Waals surface area contributed by atoms with E-state index in [-0.39, 0.29) is 17.3 Å². The highest BCUT2D eigenvalue weighted by molar-refractivity contribution is 9.10. The Bertz CT molecular complexity index is 1230. The molecule has 1 heterocycles. The zero-order valence-electron chi connectivity index (χ0n) is 17.0. The molecule has 0 fully saturated rings. The summed E-state index contributed by atoms with van der Waals surface area (Å²) < 4.78 is 28.2. The largest absolute Gasteiger partial charge is 0.358 e. The van der Waals surface area contributed by atoms with Crippen LogP contribution in [0.2, 0.25) is 0 Å². The van der Waals surface area contributed by atoms with Crippen molar-refractivity contribution in [3.05, 3.63) is 57.7 Å². The molecule has 30 heavy (non-hydrogen) atoms. The fourth-order valence-corrected chi connectivity index (χ4v) is 5.34. The fourth-order valence-electron chi connectivity index (χ4n) is 3.94. The zero-order valence-corrected chi connectivity index (χ0v) is 19.4. The number of likely N-dealkylation sites (N-methyl/N-ethyl adjacent to an activating group) is 1. The number of benzene rings is 2. The van der Waals surface area contributed by atoms with Crippen molar-refractivity contribution < 1.29 is 13.2 Å². The summed E-state index contributed by atoms with van der Waals surface area (Å²) in [5, 5.41) is 3.73. The summed E-state index contributed by atoms with van der Waals surface area (Å²) >= 11 is 3.42. The predicted molar refractivity (Wildman–Crippen MR) is 122 cm³/mol. The van der Waals surface area contributed by atoms with Gasteiger partial charge in [-0.05, 0) is 80.1 Å². The molecule has 1 amide bonds. The minimum Gasteiger partial charge on any atom is -0.358 e. The molecule has 0 atom stereocenters. The van der Waals surface area contributed by atoms with Crippen LogP contribution in [0.15, 0.2) is 45.8 Å². The molecule has 1 aromatic heterocycles. The lowest BCUT2D eigenvalue weighted by molar-refractivity contribution is -0.116. The molecular formula is C22H24BrN3O3S. The van der Waals surface area contributed by atoms with Gasteiger partial charge in [-0.2, -0.15) is 4.31 Å². The van der Waals surface area contributed by atoms with Crippen LogP contribution in [0, 0.1) is 6.92 Å². The lowest BCUT2D eigenvalue weighted by Crippen LogP contribution is -2.35. The van der Waals surface area contributed by atoms with E-state index in [0.29, 0.717) is 5.69 Å². The summed E-state index contributed by atoms with van der Waals surface area (Å²) in [6.45, 7) is 1.66. The number of fused-ring (bicyclic) bond motifs is 3. The van der Waals surface area contributed by atoms with Crippen LogP contribution in [-0.2, 0) is 27.7 Å². The van der Waals surface area contributed by atoms with E-state index in [4.69, 9.17) is 0 Å². The average molecular weight is 490 g/mol. The summed E-state index contributed by atoms with van der Waals surface area (Å²) in [4.78, 5) is 16.0. The number of anilines is 1. The molecule has 158 valence electrons. The van der Waals surface area contributed by atoms with Crippen molar-refractivity contribution >= 4 is 48.5 Å². The monoisotopic (exact) mass is 489 g/mol. The number of nitrogens with zero attached hydrogens (tertiary/aromatic N) is 1. The zero-order chi connectivity index (χ0) is 21.5. The number of nitrogens with one attached hydrogen (secondary N) is 2. The third-order valence-corrected chi connectivity index (χ3v) is 8.27. The Morgan fingerprint density at radius 2 is 1.93 bits per heavy atom. The number of aromatic amines is 1. The van der Waals surface area contributed by atoms with Gasteiger partial charge in [-0.3, -0.25) is 4.79 Å². The number of sulfonamides is 1. The van der Waals surface area contributed by atoms with Gasteiger partial charge in [0.2, 0.25) is 15.9 Å². The Morgan fingerprint density at radius 1 is 1.17 bits per heavy atom. The SMILES string of the molecule is Cc1cc(NC(=O)CN(C)S(=O)(=O)c2ccc3[nH]c4c(c3c2)CCCC4)ccc1Br. The average Bonchev–Trinajstić information content (AvgIpc) is 3.08. The molecule has 0 radical (unpaired) electrons. The van der Waals surface area contributed by atoms with Crippen LogP contribution in [0.25, 0.3) is 10.9 Å². The number of halogens is 1. The first-order valence-electron chi connectivity index (χ1n) is 9.91. The van der Waals surface area contributed by atoms with Gasteiger partial charge in [-0.15, -0.1) is 0 Å². The van der Waals surface area contributed by atoms with Gasteiger partial charge in [-0.1, -0.05) is 15.9 Å². The van der Waals surface area contributed by atoms with Gasteiger partial charge in [0.1, 0.15) is 0 Å². The Hall–Kier alpha value is -2.16. The molecule has 0 saturated heterocycles. The Balaban J connectivity index is 1.53. The maximum absolute atomic E-state index is 13.1. The predicted octanol–water partition coefficient (Wildman–Crippen LogP) is 4.38. The standard InChI is InChI=1S/C22H24BrN3O3S/c1-14-11-15(7-9-19(14)23)24-22(27)13-26(2)30(28,29)16-8-10-21-18(12-16)17-5-3-4-6-20(17)25-21/h7-12,25H,3-6,13H2,1-2H3,(H,24,27). The van der Waals surface area contributed by atoms with Crippen LogP contribution < -0.4 is 5.32 Å². The van der Waals surface area contributed by atoms with E-state index in [0.717, 1.165) is 50.9 Å². The molecule has 8 heteroatoms. The van der Waals surface area contributed by atoms with Gasteiger partial charge >= 0.3 is 0 Å². The number of carbonyl (C=O) groups excluding carboxylic acids is 1. The van der Waals surface area contributed by atoms with E-state index >= 15 is 0 Å². The molecule has 0 saturated carbocycles. The minimum atomic E-state index is -3.79. The van der Waals surface area contributed by atoms with E-state index in [9.17, 15) is 13.2 Å². The molecule has 0 unspecified atom stereocenters. The van der Waals surface area contributed by atoms with Gasteiger partial charge in [-0.25, -0.2) is 8.42 Å². The van der Waals surface area contributed by atoms with Gasteiger partial charge in [0, 0.05) is 33.8 Å². The third kappa shape index (κ3) is 4.04. The molecule has 0 spiro atoms. The first-order valence-corrected chi connectivity index (χ1v) is 12.1. The minimum absolute atomic E-state index is 0.206. The lowest BCUT2D eigenvalue weighted by Gasteiger charge is -2.17. The summed E-state index contributed by atoms with van der Waals surface area (Å²) in [6, 6.07) is 10.6. The molecular weight excluding hydrogens is 466 g/mol. The molecule has 0 bridgehead atoms. The second-order valence-electron chi connectivity index (χ2n) is 7.77. The van der Waals surface area contributed by atoms with Crippen molar-refractivity contribution in [1.82, 2.24) is 9.29 Å². The Labute approximate surface area is 184 Å². The smallest absolute Gasteiger partial charge is 0.243 e. The normalized spacial score (nSPS) is 14.1. The summed E-state index contributed by atoms with van der Waals surface area (Å²) in [5.41, 5.74) is 5.01. The van der Waals surface area contributed by atoms with Crippen LogP contribution in [0.1, 0.15) is 29.7 Å². The van der Waals surface area contributed by atoms with Crippen LogP contribution in [0.5, 0.6) is 0 Å². The number of H-pyrrole nitrogens is 1. The summed E-state index contributed by atoms with van der Waals surface area (Å²) in [6.07, 6.45) is 4.23. The highest BCUT2D eigenvalue weighted by atomic mass is 79.9. The molecule has 1 aliphatic carbocycles. The van der Waals surface area contributed by atoms with Gasteiger partial charge < -0.3 is 10.3 Å². The lowest BCUT2D eigenvalue weighted by atomic mass is 9.96. The van der Waals surface area contributed by atoms with Crippen molar-refractivity contribution in [2.45, 2.75) is 37.5 Å². The molecule has 0 aliphatic heterocycles. The van der Waals surface area contributed by atoms with Crippen LogP contribution in [-0.4, -0.2) is 37.2 Å². The summed E-state index contributed by atoms with van der Waals surface area (Å²) in [7, 11) is -2.36. The quantitative estimate of drug-likeness (QED) is 0.557. The summed E-state index contributed by atoms with van der Waals surface area (Å²) in [5.74, 6) is -0.386. The second-order valence-corrected chi connectivity index (χ2v) is 10.7. The second kappa shape index (κ2) is 8.17. The molecule has 2 N–H and O–H groups in total. The van der Waals surface area contributed by atoms with Gasteiger partial charge in [0.05, 0.1) is 11.4 Å². The third-order valence-electron chi connectivity index (χ3n) is 5.59. The van der Waals surface area contributed by atoms with Crippen molar-refractivity contribution in [1.29, 1.82) is 0 Å². The van der Waals surface area contributed by atoms with Crippen LogP contribution in [0.4, 0.5) is 5.69 Å². The fraction of sp³-hybridized carbons (Fsp3) is 0.318. The maximum atomic E-state index is 13.1. The number of hydrogen-bond donors (Lipinski definition) is 2. The van der Waals surface area contributed by atoms with Gasteiger partial charge in [0.15, 0.2) is 0 Å². The van der Waals surface area contributed by atoms with Crippen molar-refractivity contribution in [3.63, 3.8) is 0 Å². The topological polar surface area (TPSA) is 82.3 Å². The molecule has 3 aromatic rings. The highest BCUT2D eigenvalue weighted by Crippen LogP contribution is 2.31. The first kappa shape index (κ1) is 21.1. The number of hydrogen-bond acceptors (Lipinski definition) is 3. The van der Waals surface area contributed by atoms with Crippen molar-refractivity contribution in [3.8, 4) is 0 Å². The van der Waals surface area contributed by atoms with Gasteiger partial charge in [0.25, 0.3) is 0 Å². The van der Waals surface area contributed by atoms with Crippen molar-refractivity contribution in [2.75, 3.05) is 18.9 Å². The number of rotatable bonds is 5. The first-order chi connectivity index (χ1) is 14.3. The number of amides is 1. The highest BCUT2D eigenvalue weighted by Gasteiger charge is 2.25. The Kier molecular flexibility index (Phi) is 5.74. The van der Waals surface area contributed by atoms with E-state index in [1.165, 1.54) is 18.3 Å². The van der Waals surface area contributed by atoms with Crippen molar-refractivity contribution in [2.24, 2.45) is 0 Å². The van der Waals surface area contributed by atoms with Crippen LogP contribution >= 0.6 is 15.9 Å². The molecule has 6 nitrogen and oxygen atoms in total. The van der Waals surface area contributed by atoms with E-state index in [1.54, 1.807) is 18.2 Å². The molecule has 2 aromatic carbocycles. The van der Waals surface area contributed by atoms with E-state index < -0.39 is 10.0 Å². The number of aromatic nitrogens is 1. The molecule has 1 aliphatic rings. The number of carbonyl (C=O) groups is 1. The maximum Gasteiger partial charge on any atom is 0.243 e. The van der Waals surface area contributed by atoms with Crippen LogP contribution in [0.3, 0.4) is 0 Å². The number of aryl methyl sites for hydroxylation is 3.